The van der Waals surface area contributed by atoms with E-state index in [-0.39, 0.29) is 22.8 Å². The van der Waals surface area contributed by atoms with Crippen molar-refractivity contribution in [3.05, 3.63) is 80.1 Å². The van der Waals surface area contributed by atoms with Crippen molar-refractivity contribution in [3.63, 3.8) is 0 Å². The van der Waals surface area contributed by atoms with Gasteiger partial charge in [0.05, 0.1) is 11.9 Å². The van der Waals surface area contributed by atoms with Gasteiger partial charge < -0.3 is 0 Å². The van der Waals surface area contributed by atoms with Crippen molar-refractivity contribution >= 4 is 28.1 Å². The maximum absolute atomic E-state index is 13.8. The zero-order valence-corrected chi connectivity index (χ0v) is 15.1. The number of hydrazone groups is 1. The van der Waals surface area contributed by atoms with Crippen molar-refractivity contribution in [2.45, 2.75) is 0 Å². The van der Waals surface area contributed by atoms with Crippen LogP contribution in [0.4, 0.5) is 14.7 Å². The van der Waals surface area contributed by atoms with Crippen LogP contribution >= 0.6 is 15.9 Å². The summed E-state index contributed by atoms with van der Waals surface area (Å²) in [6.45, 7) is 0. The Morgan fingerprint density at radius 3 is 2.67 bits per heavy atom. The van der Waals surface area contributed by atoms with Crippen molar-refractivity contribution < 1.29 is 8.78 Å². The van der Waals surface area contributed by atoms with E-state index in [4.69, 9.17) is 0 Å². The minimum Gasteiger partial charge on any atom is -0.290 e. The van der Waals surface area contributed by atoms with Crippen LogP contribution in [0.3, 0.4) is 0 Å². The molecule has 0 aliphatic heterocycles. The lowest BCUT2D eigenvalue weighted by atomic mass is 10.1. The van der Waals surface area contributed by atoms with E-state index in [1.165, 1.54) is 6.07 Å². The predicted molar refractivity (Wildman–Crippen MR) is 100 cm³/mol. The van der Waals surface area contributed by atoms with E-state index in [2.05, 4.69) is 36.4 Å². The van der Waals surface area contributed by atoms with Gasteiger partial charge in [0.25, 0.3) is 5.56 Å². The first kappa shape index (κ1) is 18.4. The largest absolute Gasteiger partial charge is 0.290 e. The van der Waals surface area contributed by atoms with Crippen LogP contribution in [0, 0.1) is 23.0 Å². The van der Waals surface area contributed by atoms with Gasteiger partial charge in [-0.25, -0.2) is 19.2 Å². The molecule has 0 saturated heterocycles. The van der Waals surface area contributed by atoms with E-state index >= 15 is 0 Å². The Bertz CT molecular complexity index is 1120. The maximum Gasteiger partial charge on any atom is 0.270 e. The number of anilines is 1. The molecule has 1 heterocycles. The van der Waals surface area contributed by atoms with Crippen LogP contribution in [0.2, 0.25) is 0 Å². The molecule has 134 valence electrons. The number of benzene rings is 2. The molecule has 0 amide bonds. The fraction of sp³-hybridized carbons (Fsp3) is 0. The number of halogens is 3. The molecule has 0 saturated carbocycles. The van der Waals surface area contributed by atoms with Crippen LogP contribution in [0.15, 0.2) is 56.8 Å². The first-order chi connectivity index (χ1) is 13.0. The lowest BCUT2D eigenvalue weighted by Crippen LogP contribution is -2.16. The zero-order valence-electron chi connectivity index (χ0n) is 13.5. The zero-order chi connectivity index (χ0) is 19.4. The monoisotopic (exact) mass is 429 g/mol. The summed E-state index contributed by atoms with van der Waals surface area (Å²) in [5, 5.41) is 13.0. The molecule has 2 aromatic carbocycles. The van der Waals surface area contributed by atoms with Gasteiger partial charge in [0.1, 0.15) is 11.6 Å². The lowest BCUT2D eigenvalue weighted by Gasteiger charge is -2.06. The first-order valence-electron chi connectivity index (χ1n) is 7.53. The molecule has 0 radical (unpaired) electrons. The molecule has 0 aliphatic rings. The number of aromatic nitrogens is 2. The molecule has 0 spiro atoms. The summed E-state index contributed by atoms with van der Waals surface area (Å²) in [5.74, 6) is -2.14. The number of nitrogens with zero attached hydrogens (tertiary/aromatic N) is 3. The standard InChI is InChI=1S/C18H10BrF2N5O/c19-13-6-7-14(20)15(21)12(13)9-23-26-18-24-16(10-4-2-1-3-5-10)11(8-22)17(27)25-18/h1-7,9H,(H2,24,25,26,27). The summed E-state index contributed by atoms with van der Waals surface area (Å²) in [7, 11) is 0. The molecule has 0 bridgehead atoms. The van der Waals surface area contributed by atoms with Gasteiger partial charge in [-0.05, 0) is 12.1 Å². The molecule has 2 N–H and O–H groups in total. The van der Waals surface area contributed by atoms with Crippen LogP contribution < -0.4 is 11.0 Å². The molecule has 9 heteroatoms. The molecular weight excluding hydrogens is 420 g/mol. The van der Waals surface area contributed by atoms with Gasteiger partial charge in [0.2, 0.25) is 5.95 Å². The lowest BCUT2D eigenvalue weighted by molar-refractivity contribution is 0.507. The number of H-pyrrole nitrogens is 1. The normalized spacial score (nSPS) is 10.7. The van der Waals surface area contributed by atoms with Crippen molar-refractivity contribution in [2.24, 2.45) is 5.10 Å². The molecule has 3 aromatic rings. The van der Waals surface area contributed by atoms with Gasteiger partial charge in [-0.1, -0.05) is 46.3 Å². The van der Waals surface area contributed by atoms with Crippen LogP contribution in [0.1, 0.15) is 11.1 Å². The topological polar surface area (TPSA) is 93.9 Å². The Kier molecular flexibility index (Phi) is 5.38. The van der Waals surface area contributed by atoms with Gasteiger partial charge in [0, 0.05) is 15.6 Å². The van der Waals surface area contributed by atoms with Crippen LogP contribution in [-0.2, 0) is 0 Å². The second-order valence-corrected chi connectivity index (χ2v) is 6.10. The van der Waals surface area contributed by atoms with E-state index in [0.29, 0.717) is 10.0 Å². The number of nitrogens with one attached hydrogen (secondary N) is 2. The summed E-state index contributed by atoms with van der Waals surface area (Å²) in [6.07, 6.45) is 1.04. The van der Waals surface area contributed by atoms with Gasteiger partial charge in [-0.3, -0.25) is 9.78 Å². The SMILES string of the molecule is N#Cc1c(-c2ccccc2)nc(NN=Cc2c(Br)ccc(F)c2F)[nH]c1=O. The number of hydrogen-bond donors (Lipinski definition) is 2. The van der Waals surface area contributed by atoms with Gasteiger partial charge in [-0.15, -0.1) is 0 Å². The molecule has 1 aromatic heterocycles. The third-order valence-corrected chi connectivity index (χ3v) is 4.21. The van der Waals surface area contributed by atoms with Crippen LogP contribution in [0.5, 0.6) is 0 Å². The molecular formula is C18H10BrF2N5O. The maximum atomic E-state index is 13.8. The summed E-state index contributed by atoms with van der Waals surface area (Å²) in [4.78, 5) is 18.7. The average Bonchev–Trinajstić information content (AvgIpc) is 2.68. The molecule has 3 rings (SSSR count). The number of rotatable bonds is 4. The number of nitriles is 1. The number of aromatic amines is 1. The van der Waals surface area contributed by atoms with E-state index in [1.807, 2.05) is 6.07 Å². The summed E-state index contributed by atoms with van der Waals surface area (Å²) < 4.78 is 27.4. The highest BCUT2D eigenvalue weighted by Gasteiger charge is 2.13. The second kappa shape index (κ2) is 7.88. The van der Waals surface area contributed by atoms with Gasteiger partial charge >= 0.3 is 0 Å². The fourth-order valence-electron chi connectivity index (χ4n) is 2.25. The quantitative estimate of drug-likeness (QED) is 0.374. The van der Waals surface area contributed by atoms with Crippen LogP contribution in [-0.4, -0.2) is 16.2 Å². The molecule has 0 atom stereocenters. The average molecular weight is 430 g/mol. The molecule has 0 unspecified atom stereocenters. The molecule has 0 aliphatic carbocycles. The van der Waals surface area contributed by atoms with E-state index in [1.54, 1.807) is 30.3 Å². The Labute approximate surface area is 160 Å². The summed E-state index contributed by atoms with van der Waals surface area (Å²) in [6, 6.07) is 12.8. The Hall–Kier alpha value is -3.38. The third kappa shape index (κ3) is 3.91. The van der Waals surface area contributed by atoms with E-state index < -0.39 is 17.2 Å². The van der Waals surface area contributed by atoms with E-state index in [9.17, 15) is 18.8 Å². The highest BCUT2D eigenvalue weighted by atomic mass is 79.9. The first-order valence-corrected chi connectivity index (χ1v) is 8.33. The predicted octanol–water partition coefficient (Wildman–Crippen LogP) is 3.80. The van der Waals surface area contributed by atoms with Crippen molar-refractivity contribution in [3.8, 4) is 17.3 Å². The summed E-state index contributed by atoms with van der Waals surface area (Å²) >= 11 is 3.11. The highest BCUT2D eigenvalue weighted by molar-refractivity contribution is 9.10. The molecule has 27 heavy (non-hydrogen) atoms. The van der Waals surface area contributed by atoms with Gasteiger partial charge in [-0.2, -0.15) is 10.4 Å². The van der Waals surface area contributed by atoms with E-state index in [0.717, 1.165) is 12.3 Å². The molecule has 6 nitrogen and oxygen atoms in total. The Morgan fingerprint density at radius 1 is 1.22 bits per heavy atom. The van der Waals surface area contributed by atoms with Gasteiger partial charge in [0.15, 0.2) is 11.6 Å². The van der Waals surface area contributed by atoms with Crippen molar-refractivity contribution in [1.29, 1.82) is 5.26 Å². The number of hydrogen-bond acceptors (Lipinski definition) is 5. The van der Waals surface area contributed by atoms with Crippen molar-refractivity contribution in [2.75, 3.05) is 5.43 Å². The van der Waals surface area contributed by atoms with Crippen molar-refractivity contribution in [1.82, 2.24) is 9.97 Å². The van der Waals surface area contributed by atoms with Crippen LogP contribution in [0.25, 0.3) is 11.3 Å². The molecule has 0 fully saturated rings. The Balaban J connectivity index is 1.95. The Morgan fingerprint density at radius 2 is 1.96 bits per heavy atom. The fourth-order valence-corrected chi connectivity index (χ4v) is 2.66. The second-order valence-electron chi connectivity index (χ2n) is 5.24. The highest BCUT2D eigenvalue weighted by Crippen LogP contribution is 2.21. The third-order valence-electron chi connectivity index (χ3n) is 3.52. The smallest absolute Gasteiger partial charge is 0.270 e. The minimum atomic E-state index is -1.07. The minimum absolute atomic E-state index is 0.0537. The summed E-state index contributed by atoms with van der Waals surface area (Å²) in [5.41, 5.74) is 2.30.